The van der Waals surface area contributed by atoms with Crippen LogP contribution in [-0.4, -0.2) is 34.6 Å². The van der Waals surface area contributed by atoms with E-state index in [9.17, 15) is 4.79 Å². The minimum Gasteiger partial charge on any atom is -0.306 e. The van der Waals surface area contributed by atoms with E-state index in [4.69, 9.17) is 11.6 Å². The lowest BCUT2D eigenvalue weighted by Crippen LogP contribution is -2.25. The number of likely N-dealkylation sites (tertiary alicyclic amines) is 1. The van der Waals surface area contributed by atoms with E-state index in [2.05, 4.69) is 16.9 Å². The van der Waals surface area contributed by atoms with Gasteiger partial charge in [0.25, 0.3) is 5.56 Å². The Morgan fingerprint density at radius 3 is 2.92 bits per heavy atom. The van der Waals surface area contributed by atoms with Crippen molar-refractivity contribution >= 4 is 33.2 Å². The molecule has 0 aliphatic carbocycles. The molecule has 4 nitrogen and oxygen atoms in total. The number of nitrogens with zero attached hydrogens (tertiary/aromatic N) is 3. The van der Waals surface area contributed by atoms with E-state index in [1.54, 1.807) is 10.9 Å². The van der Waals surface area contributed by atoms with Crippen molar-refractivity contribution in [3.05, 3.63) is 51.3 Å². The zero-order chi connectivity index (χ0) is 16.7. The van der Waals surface area contributed by atoms with E-state index in [0.717, 1.165) is 42.0 Å². The van der Waals surface area contributed by atoms with Crippen molar-refractivity contribution in [2.24, 2.45) is 5.92 Å². The molecule has 0 amide bonds. The molecule has 1 aromatic carbocycles. The summed E-state index contributed by atoms with van der Waals surface area (Å²) in [5.74, 6) is 0.509. The summed E-state index contributed by atoms with van der Waals surface area (Å²) in [5.41, 5.74) is 1.81. The standard InChI is InChI=1S/C18H18ClN3OS/c1-21-7-6-12(8-21)9-22-11-20-17-16(18(22)23)14(10-24-17)13-4-2-3-5-15(13)19/h2-5,10-12H,6-9H2,1H3/t12-/m0/s1. The molecule has 1 aliphatic heterocycles. The van der Waals surface area contributed by atoms with Crippen molar-refractivity contribution in [1.29, 1.82) is 0 Å². The lowest BCUT2D eigenvalue weighted by Gasteiger charge is -2.12. The summed E-state index contributed by atoms with van der Waals surface area (Å²) in [4.78, 5) is 20.6. The summed E-state index contributed by atoms with van der Waals surface area (Å²) in [6.45, 7) is 2.85. The van der Waals surface area contributed by atoms with Crippen molar-refractivity contribution in [1.82, 2.24) is 14.5 Å². The first-order valence-corrected chi connectivity index (χ1v) is 9.29. The van der Waals surface area contributed by atoms with Crippen LogP contribution in [0.4, 0.5) is 0 Å². The Labute approximate surface area is 149 Å². The van der Waals surface area contributed by atoms with Gasteiger partial charge in [0, 0.05) is 34.6 Å². The largest absolute Gasteiger partial charge is 0.306 e. The zero-order valence-corrected chi connectivity index (χ0v) is 15.0. The molecule has 0 spiro atoms. The molecule has 0 bridgehead atoms. The van der Waals surface area contributed by atoms with Crippen molar-refractivity contribution < 1.29 is 0 Å². The van der Waals surface area contributed by atoms with Gasteiger partial charge in [-0.05, 0) is 32.0 Å². The van der Waals surface area contributed by atoms with Gasteiger partial charge >= 0.3 is 0 Å². The second kappa shape index (κ2) is 6.31. The number of halogens is 1. The van der Waals surface area contributed by atoms with Crippen LogP contribution in [-0.2, 0) is 6.54 Å². The molecule has 124 valence electrons. The first-order valence-electron chi connectivity index (χ1n) is 8.03. The number of thiophene rings is 1. The minimum atomic E-state index is 0.0331. The van der Waals surface area contributed by atoms with Gasteiger partial charge in [0.1, 0.15) is 4.83 Å². The fourth-order valence-electron chi connectivity index (χ4n) is 3.43. The summed E-state index contributed by atoms with van der Waals surface area (Å²) in [6.07, 6.45) is 2.82. The quantitative estimate of drug-likeness (QED) is 0.715. The highest BCUT2D eigenvalue weighted by Gasteiger charge is 2.21. The molecular formula is C18H18ClN3OS. The Hall–Kier alpha value is -1.69. The lowest BCUT2D eigenvalue weighted by molar-refractivity contribution is 0.375. The second-order valence-electron chi connectivity index (χ2n) is 6.43. The monoisotopic (exact) mass is 359 g/mol. The molecule has 0 saturated carbocycles. The van der Waals surface area contributed by atoms with Crippen LogP contribution >= 0.6 is 22.9 Å². The van der Waals surface area contributed by atoms with Crippen LogP contribution in [0.5, 0.6) is 0 Å². The molecule has 3 aromatic rings. The predicted molar refractivity (Wildman–Crippen MR) is 99.9 cm³/mol. The van der Waals surface area contributed by atoms with Gasteiger partial charge in [-0.1, -0.05) is 29.8 Å². The molecule has 1 fully saturated rings. The number of hydrogen-bond acceptors (Lipinski definition) is 4. The Balaban J connectivity index is 1.79. The molecule has 4 rings (SSSR count). The molecule has 0 radical (unpaired) electrons. The topological polar surface area (TPSA) is 38.1 Å². The highest BCUT2D eigenvalue weighted by molar-refractivity contribution is 7.17. The summed E-state index contributed by atoms with van der Waals surface area (Å²) in [7, 11) is 2.12. The van der Waals surface area contributed by atoms with Crippen molar-refractivity contribution in [3.63, 3.8) is 0 Å². The Morgan fingerprint density at radius 1 is 1.33 bits per heavy atom. The third kappa shape index (κ3) is 2.77. The lowest BCUT2D eigenvalue weighted by atomic mass is 10.1. The van der Waals surface area contributed by atoms with E-state index in [1.165, 1.54) is 11.3 Å². The Kier molecular flexibility index (Phi) is 4.16. The van der Waals surface area contributed by atoms with Gasteiger partial charge in [-0.3, -0.25) is 9.36 Å². The van der Waals surface area contributed by atoms with E-state index >= 15 is 0 Å². The number of fused-ring (bicyclic) bond motifs is 1. The number of rotatable bonds is 3. The first kappa shape index (κ1) is 15.8. The number of hydrogen-bond donors (Lipinski definition) is 0. The third-order valence-corrected chi connectivity index (χ3v) is 5.88. The van der Waals surface area contributed by atoms with Crippen molar-refractivity contribution in [2.45, 2.75) is 13.0 Å². The number of benzene rings is 1. The summed E-state index contributed by atoms with van der Waals surface area (Å²) >= 11 is 7.82. The maximum absolute atomic E-state index is 13.0. The Bertz CT molecular complexity index is 949. The van der Waals surface area contributed by atoms with E-state index in [-0.39, 0.29) is 5.56 Å². The van der Waals surface area contributed by atoms with Crippen LogP contribution in [0.3, 0.4) is 0 Å². The summed E-state index contributed by atoms with van der Waals surface area (Å²) < 4.78 is 1.76. The van der Waals surface area contributed by atoms with Gasteiger partial charge in [0.2, 0.25) is 0 Å². The molecule has 1 saturated heterocycles. The second-order valence-corrected chi connectivity index (χ2v) is 7.69. The predicted octanol–water partition coefficient (Wildman–Crippen LogP) is 3.73. The van der Waals surface area contributed by atoms with Gasteiger partial charge in [-0.25, -0.2) is 4.98 Å². The maximum Gasteiger partial charge on any atom is 0.262 e. The minimum absolute atomic E-state index is 0.0331. The van der Waals surface area contributed by atoms with Crippen LogP contribution in [0, 0.1) is 5.92 Å². The first-order chi connectivity index (χ1) is 11.6. The molecule has 0 N–H and O–H groups in total. The van der Waals surface area contributed by atoms with Gasteiger partial charge in [0.15, 0.2) is 0 Å². The van der Waals surface area contributed by atoms with Crippen molar-refractivity contribution in [2.75, 3.05) is 20.1 Å². The van der Waals surface area contributed by atoms with Crippen LogP contribution in [0.1, 0.15) is 6.42 Å². The van der Waals surface area contributed by atoms with Crippen LogP contribution in [0.25, 0.3) is 21.3 Å². The van der Waals surface area contributed by atoms with E-state index in [0.29, 0.717) is 16.3 Å². The van der Waals surface area contributed by atoms with E-state index < -0.39 is 0 Å². The van der Waals surface area contributed by atoms with E-state index in [1.807, 2.05) is 29.6 Å². The SMILES string of the molecule is CN1CC[C@H](Cn2cnc3scc(-c4ccccc4Cl)c3c2=O)C1. The number of aromatic nitrogens is 2. The van der Waals surface area contributed by atoms with Crippen LogP contribution in [0.2, 0.25) is 5.02 Å². The molecule has 2 aromatic heterocycles. The molecule has 1 atom stereocenters. The highest BCUT2D eigenvalue weighted by atomic mass is 35.5. The van der Waals surface area contributed by atoms with Gasteiger partial charge in [-0.2, -0.15) is 0 Å². The van der Waals surface area contributed by atoms with Crippen molar-refractivity contribution in [3.8, 4) is 11.1 Å². The van der Waals surface area contributed by atoms with Crippen LogP contribution < -0.4 is 5.56 Å². The summed E-state index contributed by atoms with van der Waals surface area (Å²) in [6, 6.07) is 7.64. The van der Waals surface area contributed by atoms with Gasteiger partial charge < -0.3 is 4.90 Å². The molecular weight excluding hydrogens is 342 g/mol. The smallest absolute Gasteiger partial charge is 0.262 e. The molecule has 1 aliphatic rings. The fourth-order valence-corrected chi connectivity index (χ4v) is 4.56. The van der Waals surface area contributed by atoms with Gasteiger partial charge in [-0.15, -0.1) is 11.3 Å². The fraction of sp³-hybridized carbons (Fsp3) is 0.333. The molecule has 24 heavy (non-hydrogen) atoms. The molecule has 3 heterocycles. The normalized spacial score (nSPS) is 18.5. The Morgan fingerprint density at radius 2 is 2.17 bits per heavy atom. The maximum atomic E-state index is 13.0. The molecule has 0 unspecified atom stereocenters. The van der Waals surface area contributed by atoms with Crippen LogP contribution in [0.15, 0.2) is 40.8 Å². The van der Waals surface area contributed by atoms with Gasteiger partial charge in [0.05, 0.1) is 11.7 Å². The zero-order valence-electron chi connectivity index (χ0n) is 13.4. The summed E-state index contributed by atoms with van der Waals surface area (Å²) in [5, 5.41) is 3.32. The third-order valence-electron chi connectivity index (χ3n) is 4.67. The average Bonchev–Trinajstić information content (AvgIpc) is 3.17. The highest BCUT2D eigenvalue weighted by Crippen LogP contribution is 2.34. The average molecular weight is 360 g/mol. The molecule has 6 heteroatoms.